The van der Waals surface area contributed by atoms with Crippen molar-refractivity contribution in [3.8, 4) is 11.1 Å². The second-order valence-electron chi connectivity index (χ2n) is 9.50. The van der Waals surface area contributed by atoms with Crippen molar-refractivity contribution < 1.29 is 28.4 Å². The van der Waals surface area contributed by atoms with Gasteiger partial charge in [0.2, 0.25) is 0 Å². The van der Waals surface area contributed by atoms with Gasteiger partial charge in [-0.25, -0.2) is 0 Å². The van der Waals surface area contributed by atoms with Gasteiger partial charge in [-0.05, 0) is 35.6 Å². The van der Waals surface area contributed by atoms with Gasteiger partial charge in [-0.1, -0.05) is 53.7 Å². The van der Waals surface area contributed by atoms with E-state index in [1.807, 2.05) is 31.3 Å². The maximum atomic E-state index is 14.1. The van der Waals surface area contributed by atoms with E-state index in [-0.39, 0.29) is 12.5 Å². The van der Waals surface area contributed by atoms with Crippen LogP contribution in [0.3, 0.4) is 0 Å². The second kappa shape index (κ2) is 8.38. The number of esters is 1. The van der Waals surface area contributed by atoms with Crippen molar-refractivity contribution in [3.05, 3.63) is 71.5 Å². The van der Waals surface area contributed by atoms with Crippen molar-refractivity contribution in [2.75, 3.05) is 32.0 Å². The van der Waals surface area contributed by atoms with E-state index in [1.165, 1.54) is 0 Å². The van der Waals surface area contributed by atoms with Crippen molar-refractivity contribution in [1.82, 2.24) is 5.16 Å². The van der Waals surface area contributed by atoms with Crippen molar-refractivity contribution in [3.63, 3.8) is 0 Å². The van der Waals surface area contributed by atoms with Crippen LogP contribution in [0.2, 0.25) is 0 Å². The molecule has 5 rings (SSSR count). The molecule has 2 aliphatic rings. The summed E-state index contributed by atoms with van der Waals surface area (Å²) in [5.41, 5.74) is 0.298. The summed E-state index contributed by atoms with van der Waals surface area (Å²) in [7, 11) is 1.96. The molecule has 2 aromatic carbocycles. The number of ether oxygens (including phenoxy) is 1. The molecule has 8 heteroatoms. The van der Waals surface area contributed by atoms with Crippen LogP contribution < -0.4 is 10.4 Å². The predicted octanol–water partition coefficient (Wildman–Crippen LogP) is 2.36. The lowest BCUT2D eigenvalue weighted by molar-refractivity contribution is -0.909. The van der Waals surface area contributed by atoms with E-state index in [9.17, 15) is 14.7 Å². The fourth-order valence-electron chi connectivity index (χ4n) is 5.22. The predicted molar refractivity (Wildman–Crippen MR) is 122 cm³/mol. The number of amides is 1. The van der Waals surface area contributed by atoms with Crippen LogP contribution in [0.5, 0.6) is 0 Å². The van der Waals surface area contributed by atoms with Gasteiger partial charge in [-0.3, -0.25) is 9.59 Å². The highest BCUT2D eigenvalue weighted by Crippen LogP contribution is 2.46. The number of fused-ring (bicyclic) bond motifs is 3. The van der Waals surface area contributed by atoms with Crippen LogP contribution in [-0.4, -0.2) is 54.3 Å². The number of aryl methyl sites for hydroxylation is 1. The summed E-state index contributed by atoms with van der Waals surface area (Å²) in [6.45, 7) is 3.18. The third-order valence-corrected chi connectivity index (χ3v) is 6.75. The quantitative estimate of drug-likeness (QED) is 0.462. The lowest BCUT2D eigenvalue weighted by Gasteiger charge is -2.42. The molecule has 2 heterocycles. The lowest BCUT2D eigenvalue weighted by atomic mass is 9.91. The summed E-state index contributed by atoms with van der Waals surface area (Å²) in [6.07, 6.45) is 0.992. The number of anilines is 1. The SMILES string of the molecule is Cc1cc(NC(=O)C[N@+]2(C)CCCC(OC(=O)C3([O-])c4ccccc4-c4ccccc43)C2)no1. The lowest BCUT2D eigenvalue weighted by Crippen LogP contribution is -2.58. The van der Waals surface area contributed by atoms with Gasteiger partial charge in [0.15, 0.2) is 18.5 Å². The molecule has 0 bridgehead atoms. The fourth-order valence-corrected chi connectivity index (χ4v) is 5.22. The molecule has 1 aliphatic heterocycles. The molecular formula is C26H27N3O5. The number of carbonyl (C=O) groups is 2. The molecule has 2 atom stereocenters. The summed E-state index contributed by atoms with van der Waals surface area (Å²) in [4.78, 5) is 26.0. The standard InChI is InChI=1S/C26H27N3O5/c1-17-14-23(28-34-17)27-24(30)16-29(2)13-7-8-18(15-29)33-25(31)26(32)21-11-5-3-9-19(21)20-10-4-6-12-22(20)26/h3-6,9-12,14,18H,7-8,13,15-16H2,1-2H3,(H,27,28,30)/t18?,29-/m1/s1. The zero-order chi connectivity index (χ0) is 23.9. The summed E-state index contributed by atoms with van der Waals surface area (Å²) in [5, 5.41) is 20.6. The van der Waals surface area contributed by atoms with Gasteiger partial charge < -0.3 is 24.2 Å². The number of likely N-dealkylation sites (N-methyl/N-ethyl adjacent to an activating group) is 1. The molecular weight excluding hydrogens is 434 g/mol. The van der Waals surface area contributed by atoms with E-state index in [0.717, 1.165) is 24.1 Å². The second-order valence-corrected chi connectivity index (χ2v) is 9.50. The van der Waals surface area contributed by atoms with Gasteiger partial charge in [0.1, 0.15) is 12.3 Å². The Kier molecular flexibility index (Phi) is 5.50. The first-order chi connectivity index (χ1) is 16.3. The smallest absolute Gasteiger partial charge is 0.304 e. The molecule has 3 aromatic rings. The monoisotopic (exact) mass is 461 g/mol. The van der Waals surface area contributed by atoms with Gasteiger partial charge in [0.05, 0.1) is 13.6 Å². The minimum absolute atomic E-state index is 0.193. The molecule has 1 N–H and O–H groups in total. The summed E-state index contributed by atoms with van der Waals surface area (Å²) >= 11 is 0. The Morgan fingerprint density at radius 3 is 2.44 bits per heavy atom. The first-order valence-electron chi connectivity index (χ1n) is 11.5. The highest BCUT2D eigenvalue weighted by molar-refractivity contribution is 5.95. The minimum atomic E-state index is -2.10. The maximum absolute atomic E-state index is 14.1. The molecule has 1 aromatic heterocycles. The molecule has 0 saturated carbocycles. The largest absolute Gasteiger partial charge is 0.834 e. The average molecular weight is 462 g/mol. The van der Waals surface area contributed by atoms with Crippen LogP contribution >= 0.6 is 0 Å². The number of carbonyl (C=O) groups excluding carboxylic acids is 2. The number of benzene rings is 2. The topological polar surface area (TPSA) is 104 Å². The van der Waals surface area contributed by atoms with Gasteiger partial charge in [-0.2, -0.15) is 0 Å². The zero-order valence-electron chi connectivity index (χ0n) is 19.2. The van der Waals surface area contributed by atoms with E-state index in [1.54, 1.807) is 37.3 Å². The van der Waals surface area contributed by atoms with Crippen molar-refractivity contribution in [2.24, 2.45) is 0 Å². The molecule has 1 saturated heterocycles. The Bertz CT molecular complexity index is 1210. The third kappa shape index (κ3) is 3.89. The van der Waals surface area contributed by atoms with Crippen LogP contribution in [0.4, 0.5) is 5.82 Å². The van der Waals surface area contributed by atoms with Gasteiger partial charge in [0, 0.05) is 18.1 Å². The molecule has 1 aliphatic carbocycles. The van der Waals surface area contributed by atoms with Crippen LogP contribution in [0.15, 0.2) is 59.1 Å². The zero-order valence-corrected chi connectivity index (χ0v) is 19.2. The number of hydrogen-bond acceptors (Lipinski definition) is 6. The van der Waals surface area contributed by atoms with Crippen molar-refractivity contribution in [1.29, 1.82) is 0 Å². The third-order valence-electron chi connectivity index (χ3n) is 6.75. The van der Waals surface area contributed by atoms with E-state index in [4.69, 9.17) is 9.26 Å². The molecule has 1 amide bonds. The minimum Gasteiger partial charge on any atom is -0.834 e. The first kappa shape index (κ1) is 22.3. The number of hydrogen-bond donors (Lipinski definition) is 1. The Morgan fingerprint density at radius 2 is 1.82 bits per heavy atom. The number of rotatable bonds is 5. The molecule has 176 valence electrons. The number of likely N-dealkylation sites (tertiary alicyclic amines) is 1. The van der Waals surface area contributed by atoms with E-state index in [0.29, 0.717) is 40.2 Å². The summed E-state index contributed by atoms with van der Waals surface area (Å²) in [5.74, 6) is 0.00999. The van der Waals surface area contributed by atoms with Gasteiger partial charge in [-0.15, -0.1) is 0 Å². The highest BCUT2D eigenvalue weighted by Gasteiger charge is 2.43. The Labute approximate surface area is 197 Å². The average Bonchev–Trinajstić information content (AvgIpc) is 3.33. The Hall–Kier alpha value is -3.49. The molecule has 1 unspecified atom stereocenters. The number of piperidine rings is 1. The normalized spacial score (nSPS) is 22.5. The van der Waals surface area contributed by atoms with Crippen molar-refractivity contribution in [2.45, 2.75) is 31.5 Å². The number of quaternary nitrogens is 1. The van der Waals surface area contributed by atoms with Crippen LogP contribution in [0, 0.1) is 6.92 Å². The van der Waals surface area contributed by atoms with Gasteiger partial charge in [0.25, 0.3) is 5.91 Å². The summed E-state index contributed by atoms with van der Waals surface area (Å²) in [6, 6.07) is 16.1. The van der Waals surface area contributed by atoms with Crippen LogP contribution in [0.25, 0.3) is 11.1 Å². The maximum Gasteiger partial charge on any atom is 0.304 e. The van der Waals surface area contributed by atoms with Crippen molar-refractivity contribution >= 4 is 17.7 Å². The number of nitrogens with zero attached hydrogens (tertiary/aromatic N) is 2. The highest BCUT2D eigenvalue weighted by atomic mass is 16.6. The molecule has 8 nitrogen and oxygen atoms in total. The van der Waals surface area contributed by atoms with E-state index in [2.05, 4.69) is 10.5 Å². The van der Waals surface area contributed by atoms with Crippen LogP contribution in [-0.2, 0) is 19.9 Å². The Morgan fingerprint density at radius 1 is 1.18 bits per heavy atom. The number of aromatic nitrogens is 1. The molecule has 34 heavy (non-hydrogen) atoms. The Balaban J connectivity index is 1.31. The molecule has 0 radical (unpaired) electrons. The number of nitrogens with one attached hydrogen (secondary N) is 1. The summed E-state index contributed by atoms with van der Waals surface area (Å²) < 4.78 is 11.3. The molecule has 1 fully saturated rings. The fraction of sp³-hybridized carbons (Fsp3) is 0.346. The van der Waals surface area contributed by atoms with E-state index >= 15 is 0 Å². The van der Waals surface area contributed by atoms with Gasteiger partial charge >= 0.3 is 5.97 Å². The molecule has 0 spiro atoms. The van der Waals surface area contributed by atoms with E-state index < -0.39 is 17.7 Å². The first-order valence-corrected chi connectivity index (χ1v) is 11.5. The van der Waals surface area contributed by atoms with Crippen LogP contribution in [0.1, 0.15) is 29.7 Å².